The molecule has 0 spiro atoms. The molecular formula is C20H20F3NO2. The number of halogens is 3. The standard InChI is InChI=1S/C20H20F3NO2/c1-13(15-5-3-7-17(10-15)20(21,22)23)24-19(25)12-26-18-9-8-14-4-2-6-16(14)11-18/h3,5,7-11,13H,2,4,6,12H2,1H3,(H,24,25)/t13-/m0/s1. The smallest absolute Gasteiger partial charge is 0.416 e. The molecule has 1 atom stereocenters. The lowest BCUT2D eigenvalue weighted by molar-refractivity contribution is -0.137. The molecule has 1 aliphatic rings. The molecule has 26 heavy (non-hydrogen) atoms. The largest absolute Gasteiger partial charge is 0.484 e. The second-order valence-electron chi connectivity index (χ2n) is 6.49. The zero-order valence-corrected chi connectivity index (χ0v) is 14.4. The second-order valence-corrected chi connectivity index (χ2v) is 6.49. The van der Waals surface area contributed by atoms with Crippen LogP contribution in [0.2, 0.25) is 0 Å². The summed E-state index contributed by atoms with van der Waals surface area (Å²) in [5.41, 5.74) is 2.23. The van der Waals surface area contributed by atoms with Gasteiger partial charge in [-0.25, -0.2) is 0 Å². The lowest BCUT2D eigenvalue weighted by Crippen LogP contribution is -2.31. The third-order valence-corrected chi connectivity index (χ3v) is 4.53. The molecule has 0 saturated carbocycles. The number of carbonyl (C=O) groups is 1. The van der Waals surface area contributed by atoms with Crippen molar-refractivity contribution >= 4 is 5.91 Å². The number of amides is 1. The summed E-state index contributed by atoms with van der Waals surface area (Å²) in [6.45, 7) is 1.46. The minimum Gasteiger partial charge on any atom is -0.484 e. The maximum atomic E-state index is 12.8. The van der Waals surface area contributed by atoms with Gasteiger partial charge in [-0.3, -0.25) is 4.79 Å². The highest BCUT2D eigenvalue weighted by atomic mass is 19.4. The van der Waals surface area contributed by atoms with Gasteiger partial charge in [-0.1, -0.05) is 18.2 Å². The molecule has 0 radical (unpaired) electrons. The van der Waals surface area contributed by atoms with Gasteiger partial charge in [0.05, 0.1) is 11.6 Å². The Morgan fingerprint density at radius 1 is 1.15 bits per heavy atom. The van der Waals surface area contributed by atoms with Crippen molar-refractivity contribution in [3.8, 4) is 5.75 Å². The molecule has 6 heteroatoms. The summed E-state index contributed by atoms with van der Waals surface area (Å²) in [7, 11) is 0. The third-order valence-electron chi connectivity index (χ3n) is 4.53. The van der Waals surface area contributed by atoms with Crippen LogP contribution in [0.25, 0.3) is 0 Å². The van der Waals surface area contributed by atoms with Gasteiger partial charge in [0.25, 0.3) is 5.91 Å². The highest BCUT2D eigenvalue weighted by Crippen LogP contribution is 2.30. The fraction of sp³-hybridized carbons (Fsp3) is 0.350. The Kier molecular flexibility index (Phi) is 5.20. The van der Waals surface area contributed by atoms with E-state index in [-0.39, 0.29) is 12.5 Å². The Morgan fingerprint density at radius 2 is 1.92 bits per heavy atom. The molecule has 0 bridgehead atoms. The first-order chi connectivity index (χ1) is 12.3. The average Bonchev–Trinajstić information content (AvgIpc) is 3.07. The molecular weight excluding hydrogens is 343 g/mol. The van der Waals surface area contributed by atoms with Crippen molar-refractivity contribution in [1.82, 2.24) is 5.32 Å². The molecule has 0 aromatic heterocycles. The van der Waals surface area contributed by atoms with Gasteiger partial charge in [-0.2, -0.15) is 13.2 Å². The number of ether oxygens (including phenoxy) is 1. The van der Waals surface area contributed by atoms with Crippen LogP contribution in [0.4, 0.5) is 13.2 Å². The van der Waals surface area contributed by atoms with E-state index in [2.05, 4.69) is 5.32 Å². The molecule has 0 aliphatic heterocycles. The van der Waals surface area contributed by atoms with Crippen LogP contribution in [0.15, 0.2) is 42.5 Å². The van der Waals surface area contributed by atoms with E-state index in [9.17, 15) is 18.0 Å². The predicted octanol–water partition coefficient (Wildman–Crippen LogP) is 4.45. The molecule has 3 rings (SSSR count). The summed E-state index contributed by atoms with van der Waals surface area (Å²) in [5.74, 6) is 0.253. The van der Waals surface area contributed by atoms with Crippen LogP contribution in [0.3, 0.4) is 0 Å². The molecule has 0 unspecified atom stereocenters. The van der Waals surface area contributed by atoms with E-state index in [1.54, 1.807) is 13.0 Å². The number of nitrogens with one attached hydrogen (secondary N) is 1. The van der Waals surface area contributed by atoms with E-state index in [1.165, 1.54) is 17.2 Å². The highest BCUT2D eigenvalue weighted by Gasteiger charge is 2.30. The van der Waals surface area contributed by atoms with E-state index < -0.39 is 17.8 Å². The highest BCUT2D eigenvalue weighted by molar-refractivity contribution is 5.78. The van der Waals surface area contributed by atoms with Crippen LogP contribution < -0.4 is 10.1 Å². The quantitative estimate of drug-likeness (QED) is 0.852. The second kappa shape index (κ2) is 7.40. The SMILES string of the molecule is C[C@H](NC(=O)COc1ccc2c(c1)CCC2)c1cccc(C(F)(F)F)c1. The van der Waals surface area contributed by atoms with Crippen LogP contribution >= 0.6 is 0 Å². The van der Waals surface area contributed by atoms with Crippen molar-refractivity contribution in [3.63, 3.8) is 0 Å². The molecule has 1 aliphatic carbocycles. The number of hydrogen-bond donors (Lipinski definition) is 1. The maximum Gasteiger partial charge on any atom is 0.416 e. The summed E-state index contributed by atoms with van der Waals surface area (Å²) < 4.78 is 43.9. The number of benzene rings is 2. The minimum absolute atomic E-state index is 0.178. The molecule has 0 heterocycles. The van der Waals surface area contributed by atoms with E-state index in [4.69, 9.17) is 4.74 Å². The van der Waals surface area contributed by atoms with Crippen LogP contribution in [0.5, 0.6) is 5.75 Å². The fourth-order valence-corrected chi connectivity index (χ4v) is 3.14. The molecule has 0 fully saturated rings. The monoisotopic (exact) mass is 363 g/mol. The summed E-state index contributed by atoms with van der Waals surface area (Å²) in [6.07, 6.45) is -1.18. The Labute approximate surface area is 150 Å². The van der Waals surface area contributed by atoms with Crippen molar-refractivity contribution in [2.45, 2.75) is 38.4 Å². The number of aryl methyl sites for hydroxylation is 2. The van der Waals surface area contributed by atoms with Crippen LogP contribution in [-0.2, 0) is 23.8 Å². The average molecular weight is 363 g/mol. The first kappa shape index (κ1) is 18.3. The minimum atomic E-state index is -4.41. The topological polar surface area (TPSA) is 38.3 Å². The molecule has 2 aromatic carbocycles. The Hall–Kier alpha value is -2.50. The number of hydrogen-bond acceptors (Lipinski definition) is 2. The van der Waals surface area contributed by atoms with E-state index in [0.29, 0.717) is 11.3 Å². The zero-order chi connectivity index (χ0) is 18.7. The summed E-state index contributed by atoms with van der Waals surface area (Å²) in [5, 5.41) is 2.67. The van der Waals surface area contributed by atoms with Crippen molar-refractivity contribution in [2.75, 3.05) is 6.61 Å². The maximum absolute atomic E-state index is 12.8. The van der Waals surface area contributed by atoms with Gasteiger partial charge in [0.15, 0.2) is 6.61 Å². The molecule has 2 aromatic rings. The van der Waals surface area contributed by atoms with Crippen LogP contribution in [0, 0.1) is 0 Å². The summed E-state index contributed by atoms with van der Waals surface area (Å²) in [6, 6.07) is 10.2. The zero-order valence-electron chi connectivity index (χ0n) is 14.4. The van der Waals surface area contributed by atoms with Crippen molar-refractivity contribution < 1.29 is 22.7 Å². The Balaban J connectivity index is 1.56. The number of fused-ring (bicyclic) bond motifs is 1. The van der Waals surface area contributed by atoms with Gasteiger partial charge < -0.3 is 10.1 Å². The third kappa shape index (κ3) is 4.36. The summed E-state index contributed by atoms with van der Waals surface area (Å²) in [4.78, 5) is 12.1. The first-order valence-corrected chi connectivity index (χ1v) is 8.54. The van der Waals surface area contributed by atoms with Crippen molar-refractivity contribution in [1.29, 1.82) is 0 Å². The first-order valence-electron chi connectivity index (χ1n) is 8.54. The number of rotatable bonds is 5. The Bertz CT molecular complexity index is 802. The van der Waals surface area contributed by atoms with Crippen molar-refractivity contribution in [2.24, 2.45) is 0 Å². The van der Waals surface area contributed by atoms with Crippen LogP contribution in [0.1, 0.15) is 41.6 Å². The van der Waals surface area contributed by atoms with E-state index in [0.717, 1.165) is 31.4 Å². The number of carbonyl (C=O) groups excluding carboxylic acids is 1. The lowest BCUT2D eigenvalue weighted by atomic mass is 10.0. The number of alkyl halides is 3. The molecule has 3 nitrogen and oxygen atoms in total. The van der Waals surface area contributed by atoms with Gasteiger partial charge in [-0.15, -0.1) is 0 Å². The Morgan fingerprint density at radius 3 is 2.69 bits per heavy atom. The normalized spacial score (nSPS) is 14.6. The molecule has 138 valence electrons. The molecule has 1 N–H and O–H groups in total. The lowest BCUT2D eigenvalue weighted by Gasteiger charge is -2.16. The van der Waals surface area contributed by atoms with E-state index in [1.807, 2.05) is 18.2 Å². The summed E-state index contributed by atoms with van der Waals surface area (Å²) >= 11 is 0. The van der Waals surface area contributed by atoms with Gasteiger partial charge in [0, 0.05) is 0 Å². The molecule has 1 amide bonds. The molecule has 0 saturated heterocycles. The van der Waals surface area contributed by atoms with Gasteiger partial charge in [0.1, 0.15) is 5.75 Å². The van der Waals surface area contributed by atoms with Gasteiger partial charge in [-0.05, 0) is 67.1 Å². The fourth-order valence-electron chi connectivity index (χ4n) is 3.14. The van der Waals surface area contributed by atoms with Crippen LogP contribution in [-0.4, -0.2) is 12.5 Å². The van der Waals surface area contributed by atoms with Gasteiger partial charge >= 0.3 is 6.18 Å². The predicted molar refractivity (Wildman–Crippen MR) is 92.0 cm³/mol. The van der Waals surface area contributed by atoms with E-state index >= 15 is 0 Å². The van der Waals surface area contributed by atoms with Gasteiger partial charge in [0.2, 0.25) is 0 Å². The van der Waals surface area contributed by atoms with Crippen molar-refractivity contribution in [3.05, 3.63) is 64.7 Å².